The van der Waals surface area contributed by atoms with E-state index in [4.69, 9.17) is 15.5 Å². The maximum Gasteiger partial charge on any atom is 0.134 e. The number of hydrogen-bond acceptors (Lipinski definition) is 3. The summed E-state index contributed by atoms with van der Waals surface area (Å²) in [5.74, 6) is 0.0407. The highest BCUT2D eigenvalue weighted by Gasteiger charge is 2.62. The van der Waals surface area contributed by atoms with Crippen LogP contribution in [0.5, 0.6) is 0 Å². The summed E-state index contributed by atoms with van der Waals surface area (Å²) in [5, 5.41) is 0. The quantitative estimate of drug-likeness (QED) is 0.716. The largest absolute Gasteiger partial charge is 0.383 e. The Morgan fingerprint density at radius 3 is 2.70 bits per heavy atom. The first-order valence-corrected chi connectivity index (χ1v) is 10.3. The first-order valence-electron chi connectivity index (χ1n) is 9.47. The van der Waals surface area contributed by atoms with Gasteiger partial charge < -0.3 is 10.5 Å². The molecule has 3 aliphatic rings. The number of methoxy groups -OCH3 is 1. The molecule has 0 amide bonds. The van der Waals surface area contributed by atoms with E-state index in [1.807, 2.05) is 6.07 Å². The van der Waals surface area contributed by atoms with E-state index in [2.05, 4.69) is 34.1 Å². The van der Waals surface area contributed by atoms with Crippen molar-refractivity contribution in [1.29, 1.82) is 0 Å². The van der Waals surface area contributed by atoms with Gasteiger partial charge in [-0.1, -0.05) is 34.1 Å². The molecule has 1 aliphatic heterocycles. The highest BCUT2D eigenvalue weighted by atomic mass is 79.9. The molecule has 1 heterocycles. The van der Waals surface area contributed by atoms with Gasteiger partial charge >= 0.3 is 0 Å². The van der Waals surface area contributed by atoms with Crippen molar-refractivity contribution in [2.24, 2.45) is 16.1 Å². The number of nitrogens with zero attached hydrogens (tertiary/aromatic N) is 1. The lowest BCUT2D eigenvalue weighted by atomic mass is 9.59. The molecule has 140 valence electrons. The van der Waals surface area contributed by atoms with Crippen LogP contribution in [-0.4, -0.2) is 19.0 Å². The van der Waals surface area contributed by atoms with Gasteiger partial charge in [-0.25, -0.2) is 4.39 Å². The Balaban J connectivity index is 1.78. The van der Waals surface area contributed by atoms with E-state index >= 15 is 0 Å². The van der Waals surface area contributed by atoms with E-state index in [1.165, 1.54) is 17.2 Å². The number of fused-ring (bicyclic) bond motifs is 5. The van der Waals surface area contributed by atoms with Gasteiger partial charge in [0.2, 0.25) is 0 Å². The predicted octanol–water partition coefficient (Wildman–Crippen LogP) is 4.68. The summed E-state index contributed by atoms with van der Waals surface area (Å²) in [5.41, 5.74) is 9.49. The van der Waals surface area contributed by atoms with Crippen molar-refractivity contribution in [3.8, 4) is 0 Å². The van der Waals surface area contributed by atoms with Crippen molar-refractivity contribution >= 4 is 21.8 Å². The van der Waals surface area contributed by atoms with Crippen molar-refractivity contribution in [1.82, 2.24) is 0 Å². The summed E-state index contributed by atoms with van der Waals surface area (Å²) in [6.07, 6.45) is 5.20. The summed E-state index contributed by atoms with van der Waals surface area (Å²) in [7, 11) is 1.79. The number of nitrogens with two attached hydrogens (primary N) is 1. The third kappa shape index (κ3) is 2.18. The van der Waals surface area contributed by atoms with Crippen molar-refractivity contribution < 1.29 is 9.13 Å². The van der Waals surface area contributed by atoms with Crippen molar-refractivity contribution in [3.05, 3.63) is 68.9 Å². The molecule has 1 saturated carbocycles. The standard InChI is InChI=1S/C22H22BrFN2O/c1-27-15-7-9-21(10-8-15)12-13-5-6-14(23)11-17(13)22(21)16-3-2-4-18(24)19(16)20(25)26-22/h2-6,11,15H,7-10,12H2,1H3,(H2,25,26). The number of benzene rings is 2. The van der Waals surface area contributed by atoms with Crippen LogP contribution in [0.4, 0.5) is 4.39 Å². The topological polar surface area (TPSA) is 47.6 Å². The fraction of sp³-hybridized carbons (Fsp3) is 0.409. The molecule has 0 saturated heterocycles. The van der Waals surface area contributed by atoms with Crippen molar-refractivity contribution in [2.75, 3.05) is 7.11 Å². The fourth-order valence-corrected chi connectivity index (χ4v) is 6.09. The highest BCUT2D eigenvalue weighted by molar-refractivity contribution is 9.10. The second-order valence-electron chi connectivity index (χ2n) is 8.06. The normalized spacial score (nSPS) is 31.2. The van der Waals surface area contributed by atoms with Gasteiger partial charge in [0.1, 0.15) is 17.2 Å². The van der Waals surface area contributed by atoms with E-state index in [1.54, 1.807) is 13.2 Å². The molecule has 27 heavy (non-hydrogen) atoms. The molecule has 3 nitrogen and oxygen atoms in total. The molecular weight excluding hydrogens is 407 g/mol. The summed E-state index contributed by atoms with van der Waals surface area (Å²) in [6.45, 7) is 0. The van der Waals surface area contributed by atoms with E-state index in [0.29, 0.717) is 11.4 Å². The number of hydrogen-bond donors (Lipinski definition) is 1. The number of amidine groups is 1. The molecule has 2 spiro atoms. The molecule has 0 bridgehead atoms. The minimum absolute atomic E-state index is 0.0885. The lowest BCUT2D eigenvalue weighted by Crippen LogP contribution is -2.45. The average Bonchev–Trinajstić information content (AvgIpc) is 3.11. The Labute approximate surface area is 167 Å². The van der Waals surface area contributed by atoms with Gasteiger partial charge in [-0.3, -0.25) is 4.99 Å². The van der Waals surface area contributed by atoms with Crippen LogP contribution < -0.4 is 5.73 Å². The summed E-state index contributed by atoms with van der Waals surface area (Å²) in [4.78, 5) is 5.05. The van der Waals surface area contributed by atoms with E-state index in [-0.39, 0.29) is 17.3 Å². The zero-order valence-corrected chi connectivity index (χ0v) is 16.9. The minimum atomic E-state index is -0.605. The van der Waals surface area contributed by atoms with E-state index in [0.717, 1.165) is 42.1 Å². The zero-order chi connectivity index (χ0) is 18.8. The molecule has 2 aromatic rings. The first-order chi connectivity index (χ1) is 13.0. The Morgan fingerprint density at radius 2 is 1.96 bits per heavy atom. The third-order valence-corrected chi connectivity index (χ3v) is 7.42. The summed E-state index contributed by atoms with van der Waals surface area (Å²) in [6, 6.07) is 11.7. The molecule has 2 N–H and O–H groups in total. The van der Waals surface area contributed by atoms with Crippen LogP contribution in [-0.2, 0) is 16.7 Å². The Bertz CT molecular complexity index is 965. The van der Waals surface area contributed by atoms with Crippen LogP contribution in [0, 0.1) is 11.2 Å². The Morgan fingerprint density at radius 1 is 1.19 bits per heavy atom. The lowest BCUT2D eigenvalue weighted by Gasteiger charge is -2.47. The second kappa shape index (κ2) is 5.89. The molecule has 0 aromatic heterocycles. The predicted molar refractivity (Wildman–Crippen MR) is 107 cm³/mol. The van der Waals surface area contributed by atoms with Crippen molar-refractivity contribution in [3.63, 3.8) is 0 Å². The zero-order valence-electron chi connectivity index (χ0n) is 15.3. The maximum absolute atomic E-state index is 14.7. The van der Waals surface area contributed by atoms with Gasteiger partial charge in [-0.2, -0.15) is 0 Å². The molecule has 5 rings (SSSR count). The molecule has 0 radical (unpaired) electrons. The highest BCUT2D eigenvalue weighted by Crippen LogP contribution is 2.64. The molecule has 5 heteroatoms. The number of aliphatic imine (C=N–C) groups is 1. The SMILES string of the molecule is COC1CCC2(CC1)Cc1ccc(Br)cc1C21N=C(N)c2c(F)cccc21. The summed E-state index contributed by atoms with van der Waals surface area (Å²) < 4.78 is 21.4. The van der Waals surface area contributed by atoms with Gasteiger partial charge in [0.15, 0.2) is 0 Å². The summed E-state index contributed by atoms with van der Waals surface area (Å²) >= 11 is 3.62. The second-order valence-corrected chi connectivity index (χ2v) is 8.98. The van der Waals surface area contributed by atoms with Gasteiger partial charge in [0.25, 0.3) is 0 Å². The molecule has 2 aromatic carbocycles. The van der Waals surface area contributed by atoms with Gasteiger partial charge in [0.05, 0.1) is 11.7 Å². The van der Waals surface area contributed by atoms with Gasteiger partial charge in [0, 0.05) is 17.0 Å². The van der Waals surface area contributed by atoms with Crippen LogP contribution in [0.25, 0.3) is 0 Å². The van der Waals surface area contributed by atoms with Crippen molar-refractivity contribution in [2.45, 2.75) is 43.7 Å². The van der Waals surface area contributed by atoms with E-state index in [9.17, 15) is 4.39 Å². The van der Waals surface area contributed by atoms with Crippen LogP contribution in [0.1, 0.15) is 47.9 Å². The van der Waals surface area contributed by atoms with Crippen LogP contribution in [0.15, 0.2) is 45.9 Å². The fourth-order valence-electron chi connectivity index (χ4n) is 5.73. The molecular formula is C22H22BrFN2O. The van der Waals surface area contributed by atoms with Crippen LogP contribution in [0.2, 0.25) is 0 Å². The molecule has 1 atom stereocenters. The minimum Gasteiger partial charge on any atom is -0.383 e. The lowest BCUT2D eigenvalue weighted by molar-refractivity contribution is 0.00681. The maximum atomic E-state index is 14.7. The smallest absolute Gasteiger partial charge is 0.134 e. The molecule has 1 unspecified atom stereocenters. The monoisotopic (exact) mass is 428 g/mol. The number of halogens is 2. The van der Waals surface area contributed by atoms with Gasteiger partial charge in [-0.05, 0) is 67.0 Å². The molecule has 2 aliphatic carbocycles. The third-order valence-electron chi connectivity index (χ3n) is 6.93. The van der Waals surface area contributed by atoms with Gasteiger partial charge in [-0.15, -0.1) is 0 Å². The Kier molecular flexibility index (Phi) is 3.79. The van der Waals surface area contributed by atoms with E-state index < -0.39 is 5.54 Å². The first kappa shape index (κ1) is 17.4. The van der Waals surface area contributed by atoms with Crippen LogP contribution >= 0.6 is 15.9 Å². The average molecular weight is 429 g/mol. The number of rotatable bonds is 1. The number of ether oxygens (including phenoxy) is 1. The van der Waals surface area contributed by atoms with Crippen LogP contribution in [0.3, 0.4) is 0 Å². The Hall–Kier alpha value is -1.72. The molecule has 1 fully saturated rings.